The van der Waals surface area contributed by atoms with Crippen molar-refractivity contribution in [2.45, 2.75) is 13.3 Å². The number of nitrogen functional groups attached to an aromatic ring is 1. The lowest BCUT2D eigenvalue weighted by molar-refractivity contribution is -0.274. The van der Waals surface area contributed by atoms with Gasteiger partial charge in [-0.15, -0.1) is 13.2 Å². The summed E-state index contributed by atoms with van der Waals surface area (Å²) in [6, 6.07) is 2.15. The first kappa shape index (κ1) is 12.8. The normalized spacial score (nSPS) is 11.3. The first-order valence-corrected chi connectivity index (χ1v) is 4.85. The number of nitrogens with two attached hydrogens (primary N) is 1. The Bertz CT molecular complexity index is 431. The first-order chi connectivity index (χ1) is 7.20. The van der Waals surface area contributed by atoms with Gasteiger partial charge in [0.25, 0.3) is 0 Å². The molecule has 1 rings (SSSR count). The highest BCUT2D eigenvalue weighted by Gasteiger charge is 2.32. The number of carbonyl (C=O) groups excluding carboxylic acids is 1. The Morgan fingerprint density at radius 1 is 1.44 bits per heavy atom. The number of hydrogen-bond donors (Lipinski definition) is 1. The van der Waals surface area contributed by atoms with E-state index in [9.17, 15) is 18.0 Å². The molecule has 0 aromatic heterocycles. The van der Waals surface area contributed by atoms with E-state index < -0.39 is 17.9 Å². The summed E-state index contributed by atoms with van der Waals surface area (Å²) in [5.41, 5.74) is 5.41. The van der Waals surface area contributed by atoms with E-state index >= 15 is 0 Å². The van der Waals surface area contributed by atoms with Gasteiger partial charge in [0.05, 0.1) is 5.56 Å². The number of Topliss-reactive ketones (excluding diaryl/α,β-unsaturated/α-hetero) is 1. The summed E-state index contributed by atoms with van der Waals surface area (Å²) in [5.74, 6) is -1.13. The second kappa shape index (κ2) is 4.32. The average Bonchev–Trinajstić information content (AvgIpc) is 2.07. The largest absolute Gasteiger partial charge is 0.573 e. The van der Waals surface area contributed by atoms with Crippen LogP contribution < -0.4 is 10.5 Å². The van der Waals surface area contributed by atoms with Crippen LogP contribution in [0.5, 0.6) is 5.75 Å². The highest BCUT2D eigenvalue weighted by Crippen LogP contribution is 2.33. The van der Waals surface area contributed by atoms with Gasteiger partial charge in [0.1, 0.15) is 5.75 Å². The third-order valence-corrected chi connectivity index (χ3v) is 2.39. The summed E-state index contributed by atoms with van der Waals surface area (Å²) in [4.78, 5) is 11.1. The van der Waals surface area contributed by atoms with Gasteiger partial charge in [0.2, 0.25) is 0 Å². The SMILES string of the molecule is CC(=O)c1cc(N)c(Br)cc1OC(F)(F)F. The number of halogens is 4. The number of ether oxygens (including phenoxy) is 1. The van der Waals surface area contributed by atoms with Crippen molar-refractivity contribution in [2.24, 2.45) is 0 Å². The molecule has 0 saturated heterocycles. The van der Waals surface area contributed by atoms with Crippen LogP contribution in [0.25, 0.3) is 0 Å². The molecule has 16 heavy (non-hydrogen) atoms. The fourth-order valence-electron chi connectivity index (χ4n) is 1.06. The zero-order valence-corrected chi connectivity index (χ0v) is 9.65. The van der Waals surface area contributed by atoms with Gasteiger partial charge in [-0.25, -0.2) is 0 Å². The van der Waals surface area contributed by atoms with Gasteiger partial charge in [-0.05, 0) is 35.0 Å². The van der Waals surface area contributed by atoms with E-state index in [0.29, 0.717) is 0 Å². The Morgan fingerprint density at radius 3 is 2.44 bits per heavy atom. The van der Waals surface area contributed by atoms with Crippen molar-refractivity contribution in [3.05, 3.63) is 22.2 Å². The molecule has 1 aromatic rings. The van der Waals surface area contributed by atoms with Gasteiger partial charge in [-0.3, -0.25) is 4.79 Å². The summed E-state index contributed by atoms with van der Waals surface area (Å²) in [5, 5.41) is 0. The summed E-state index contributed by atoms with van der Waals surface area (Å²) in [6.07, 6.45) is -4.85. The number of carbonyl (C=O) groups is 1. The second-order valence-electron chi connectivity index (χ2n) is 2.97. The van der Waals surface area contributed by atoms with Crippen LogP contribution in [0.4, 0.5) is 18.9 Å². The van der Waals surface area contributed by atoms with Crippen LogP contribution in [-0.2, 0) is 0 Å². The summed E-state index contributed by atoms with van der Waals surface area (Å²) in [7, 11) is 0. The number of anilines is 1. The number of rotatable bonds is 2. The zero-order valence-electron chi connectivity index (χ0n) is 8.06. The number of alkyl halides is 3. The fraction of sp³-hybridized carbons (Fsp3) is 0.222. The minimum absolute atomic E-state index is 0.166. The Morgan fingerprint density at radius 2 is 2.00 bits per heavy atom. The molecule has 1 aromatic carbocycles. The second-order valence-corrected chi connectivity index (χ2v) is 3.83. The molecule has 2 N–H and O–H groups in total. The molecule has 0 radical (unpaired) electrons. The van der Waals surface area contributed by atoms with Crippen molar-refractivity contribution in [3.63, 3.8) is 0 Å². The van der Waals surface area contributed by atoms with E-state index in [1.54, 1.807) is 0 Å². The lowest BCUT2D eigenvalue weighted by atomic mass is 10.1. The highest BCUT2D eigenvalue weighted by atomic mass is 79.9. The molecule has 3 nitrogen and oxygen atoms in total. The van der Waals surface area contributed by atoms with Crippen molar-refractivity contribution in [1.29, 1.82) is 0 Å². The van der Waals surface area contributed by atoms with Crippen LogP contribution >= 0.6 is 15.9 Å². The molecule has 0 heterocycles. The predicted octanol–water partition coefficient (Wildman–Crippen LogP) is 3.13. The molecule has 7 heteroatoms. The number of ketones is 1. The van der Waals surface area contributed by atoms with Crippen molar-refractivity contribution in [1.82, 2.24) is 0 Å². The molecule has 0 spiro atoms. The van der Waals surface area contributed by atoms with E-state index in [1.165, 1.54) is 0 Å². The topological polar surface area (TPSA) is 52.3 Å². The lowest BCUT2D eigenvalue weighted by Gasteiger charge is -2.13. The summed E-state index contributed by atoms with van der Waals surface area (Å²) < 4.78 is 40.1. The van der Waals surface area contributed by atoms with Gasteiger partial charge in [0.15, 0.2) is 5.78 Å². The molecule has 0 fully saturated rings. The van der Waals surface area contributed by atoms with Crippen LogP contribution in [0.3, 0.4) is 0 Å². The van der Waals surface area contributed by atoms with Gasteiger partial charge in [-0.1, -0.05) is 0 Å². The third-order valence-electron chi connectivity index (χ3n) is 1.70. The van der Waals surface area contributed by atoms with Gasteiger partial charge in [0, 0.05) is 10.2 Å². The van der Waals surface area contributed by atoms with E-state index in [4.69, 9.17) is 5.73 Å². The number of hydrogen-bond acceptors (Lipinski definition) is 3. The standard InChI is InChI=1S/C9H7BrF3NO2/c1-4(15)5-2-7(14)6(10)3-8(5)16-9(11,12)13/h2-3H,14H2,1H3. The zero-order chi connectivity index (χ0) is 12.5. The third kappa shape index (κ3) is 3.13. The quantitative estimate of drug-likeness (QED) is 0.674. The molecular weight excluding hydrogens is 291 g/mol. The smallest absolute Gasteiger partial charge is 0.405 e. The predicted molar refractivity (Wildman–Crippen MR) is 55.2 cm³/mol. The minimum Gasteiger partial charge on any atom is -0.405 e. The highest BCUT2D eigenvalue weighted by molar-refractivity contribution is 9.10. The molecule has 88 valence electrons. The molecular formula is C9H7BrF3NO2. The summed E-state index contributed by atoms with van der Waals surface area (Å²) in [6.45, 7) is 1.13. The molecule has 0 saturated carbocycles. The molecule has 0 aliphatic carbocycles. The van der Waals surface area contributed by atoms with E-state index in [2.05, 4.69) is 20.7 Å². The van der Waals surface area contributed by atoms with Crippen molar-refractivity contribution in [2.75, 3.05) is 5.73 Å². The lowest BCUT2D eigenvalue weighted by Crippen LogP contribution is -2.19. The van der Waals surface area contributed by atoms with E-state index in [0.717, 1.165) is 19.1 Å². The van der Waals surface area contributed by atoms with Crippen molar-refractivity contribution in [3.8, 4) is 5.75 Å². The maximum atomic E-state index is 12.0. The fourth-order valence-corrected chi connectivity index (χ4v) is 1.38. The van der Waals surface area contributed by atoms with Crippen molar-refractivity contribution < 1.29 is 22.7 Å². The van der Waals surface area contributed by atoms with Crippen LogP contribution in [0.1, 0.15) is 17.3 Å². The molecule has 0 aliphatic rings. The monoisotopic (exact) mass is 297 g/mol. The maximum Gasteiger partial charge on any atom is 0.573 e. The Labute approximate surface area is 97.5 Å². The molecule has 0 bridgehead atoms. The minimum atomic E-state index is -4.85. The van der Waals surface area contributed by atoms with Crippen LogP contribution in [0.2, 0.25) is 0 Å². The van der Waals surface area contributed by atoms with E-state index in [1.807, 2.05) is 0 Å². The molecule has 0 atom stereocenters. The van der Waals surface area contributed by atoms with Crippen LogP contribution in [0.15, 0.2) is 16.6 Å². The Kier molecular flexibility index (Phi) is 3.47. The van der Waals surface area contributed by atoms with Gasteiger partial charge < -0.3 is 10.5 Å². The molecule has 0 amide bonds. The number of benzene rings is 1. The Hall–Kier alpha value is -1.24. The first-order valence-electron chi connectivity index (χ1n) is 4.06. The average molecular weight is 298 g/mol. The molecule has 0 unspecified atom stereocenters. The van der Waals surface area contributed by atoms with Gasteiger partial charge >= 0.3 is 6.36 Å². The maximum absolute atomic E-state index is 12.0. The summed E-state index contributed by atoms with van der Waals surface area (Å²) >= 11 is 2.95. The Balaban J connectivity index is 3.25. The van der Waals surface area contributed by atoms with Crippen molar-refractivity contribution >= 4 is 27.4 Å². The molecule has 0 aliphatic heterocycles. The van der Waals surface area contributed by atoms with Crippen LogP contribution in [0, 0.1) is 0 Å². The van der Waals surface area contributed by atoms with E-state index in [-0.39, 0.29) is 15.7 Å². The van der Waals surface area contributed by atoms with Crippen LogP contribution in [-0.4, -0.2) is 12.1 Å². The van der Waals surface area contributed by atoms with Gasteiger partial charge in [-0.2, -0.15) is 0 Å².